The maximum absolute atomic E-state index is 13.1. The van der Waals surface area contributed by atoms with E-state index in [0.717, 1.165) is 24.2 Å². The van der Waals surface area contributed by atoms with E-state index in [2.05, 4.69) is 23.5 Å². The molecule has 2 aromatic rings. The molecule has 1 saturated heterocycles. The third kappa shape index (κ3) is 1.55. The topological polar surface area (TPSA) is 32.3 Å². The Balaban J connectivity index is 1.92. The van der Waals surface area contributed by atoms with Crippen molar-refractivity contribution in [1.82, 2.24) is 5.32 Å². The number of anilines is 1. The van der Waals surface area contributed by atoms with Crippen molar-refractivity contribution in [2.75, 3.05) is 18.5 Å². The lowest BCUT2D eigenvalue weighted by Gasteiger charge is -2.30. The number of hydrogen-bond donors (Lipinski definition) is 1. The number of amides is 1. The summed E-state index contributed by atoms with van der Waals surface area (Å²) in [4.78, 5) is 14.9. The number of para-hydroxylation sites is 1. The van der Waals surface area contributed by atoms with Crippen molar-refractivity contribution in [3.63, 3.8) is 0 Å². The molecule has 3 nitrogen and oxygen atoms in total. The average molecular weight is 278 g/mol. The molecule has 2 heterocycles. The summed E-state index contributed by atoms with van der Waals surface area (Å²) in [5.74, 6) is 0.211. The minimum absolute atomic E-state index is 0.0531. The Morgan fingerprint density at radius 3 is 2.62 bits per heavy atom. The van der Waals surface area contributed by atoms with Gasteiger partial charge in [0.05, 0.1) is 11.5 Å². The number of hydrogen-bond acceptors (Lipinski definition) is 2. The number of carbonyl (C=O) groups excluding carboxylic acids is 1. The van der Waals surface area contributed by atoms with Crippen LogP contribution in [0.3, 0.4) is 0 Å². The Morgan fingerprint density at radius 1 is 1.10 bits per heavy atom. The standard InChI is InChI=1S/C18H18N2O/c1-20-15-10-6-5-9-14(15)18(17(20)21)11-12-19-16(18)13-7-3-2-4-8-13/h2-10,16,19H,11-12H2,1H3/t16-,18?/m0/s1. The van der Waals surface area contributed by atoms with E-state index in [4.69, 9.17) is 0 Å². The second-order valence-corrected chi connectivity index (χ2v) is 5.90. The van der Waals surface area contributed by atoms with Gasteiger partial charge in [-0.1, -0.05) is 48.5 Å². The van der Waals surface area contributed by atoms with Crippen LogP contribution in [0, 0.1) is 0 Å². The Labute approximate surface area is 124 Å². The van der Waals surface area contributed by atoms with Gasteiger partial charge in [0.25, 0.3) is 0 Å². The predicted molar refractivity (Wildman–Crippen MR) is 83.3 cm³/mol. The number of nitrogens with one attached hydrogen (secondary N) is 1. The van der Waals surface area contributed by atoms with Crippen LogP contribution >= 0.6 is 0 Å². The van der Waals surface area contributed by atoms with E-state index in [1.807, 2.05) is 48.3 Å². The van der Waals surface area contributed by atoms with Crippen molar-refractivity contribution in [3.8, 4) is 0 Å². The number of carbonyl (C=O) groups is 1. The van der Waals surface area contributed by atoms with Gasteiger partial charge in [0.15, 0.2) is 0 Å². The van der Waals surface area contributed by atoms with Crippen molar-refractivity contribution in [3.05, 3.63) is 65.7 Å². The fraction of sp³-hybridized carbons (Fsp3) is 0.278. The zero-order valence-corrected chi connectivity index (χ0v) is 12.0. The summed E-state index contributed by atoms with van der Waals surface area (Å²) in [6.45, 7) is 0.869. The first-order valence-corrected chi connectivity index (χ1v) is 7.41. The van der Waals surface area contributed by atoms with Crippen molar-refractivity contribution < 1.29 is 4.79 Å². The summed E-state index contributed by atoms with van der Waals surface area (Å²) in [6, 6.07) is 18.6. The molecular weight excluding hydrogens is 260 g/mol. The van der Waals surface area contributed by atoms with Crippen molar-refractivity contribution >= 4 is 11.6 Å². The fourth-order valence-electron chi connectivity index (χ4n) is 3.97. The van der Waals surface area contributed by atoms with E-state index in [0.29, 0.717) is 0 Å². The minimum Gasteiger partial charge on any atom is -0.314 e. The predicted octanol–water partition coefficient (Wildman–Crippen LogP) is 2.64. The first-order valence-electron chi connectivity index (χ1n) is 7.41. The molecule has 4 rings (SSSR count). The Kier molecular flexibility index (Phi) is 2.66. The van der Waals surface area contributed by atoms with Gasteiger partial charge < -0.3 is 10.2 Å². The zero-order valence-electron chi connectivity index (χ0n) is 12.0. The molecule has 0 saturated carbocycles. The minimum atomic E-state index is -0.452. The molecule has 0 bridgehead atoms. The van der Waals surface area contributed by atoms with E-state index < -0.39 is 5.41 Å². The molecule has 0 aliphatic carbocycles. The van der Waals surface area contributed by atoms with Crippen molar-refractivity contribution in [2.45, 2.75) is 17.9 Å². The average Bonchev–Trinajstić information content (AvgIpc) is 3.07. The van der Waals surface area contributed by atoms with Gasteiger partial charge in [-0.2, -0.15) is 0 Å². The quantitative estimate of drug-likeness (QED) is 0.869. The normalized spacial score (nSPS) is 27.4. The van der Waals surface area contributed by atoms with Gasteiger partial charge in [0.2, 0.25) is 5.91 Å². The van der Waals surface area contributed by atoms with Crippen molar-refractivity contribution in [2.24, 2.45) is 0 Å². The van der Waals surface area contributed by atoms with Crippen LogP contribution in [0.2, 0.25) is 0 Å². The Hall–Kier alpha value is -2.13. The van der Waals surface area contributed by atoms with Gasteiger partial charge in [0.1, 0.15) is 0 Å². The maximum atomic E-state index is 13.1. The van der Waals surface area contributed by atoms with Crippen LogP contribution in [0.1, 0.15) is 23.6 Å². The molecule has 2 aromatic carbocycles. The van der Waals surface area contributed by atoms with Gasteiger partial charge >= 0.3 is 0 Å². The molecule has 21 heavy (non-hydrogen) atoms. The molecule has 1 amide bonds. The third-order valence-electron chi connectivity index (χ3n) is 4.93. The van der Waals surface area contributed by atoms with Crippen LogP contribution in [0.15, 0.2) is 54.6 Å². The summed E-state index contributed by atoms with van der Waals surface area (Å²) in [5, 5.41) is 3.55. The van der Waals surface area contributed by atoms with Crippen LogP contribution in [0.25, 0.3) is 0 Å². The fourth-order valence-corrected chi connectivity index (χ4v) is 3.97. The molecule has 3 heteroatoms. The van der Waals surface area contributed by atoms with E-state index in [1.54, 1.807) is 0 Å². The number of likely N-dealkylation sites (N-methyl/N-ethyl adjacent to an activating group) is 1. The molecule has 106 valence electrons. The largest absolute Gasteiger partial charge is 0.314 e. The van der Waals surface area contributed by atoms with Gasteiger partial charge in [0, 0.05) is 12.7 Å². The molecular formula is C18H18N2O. The van der Waals surface area contributed by atoms with Crippen LogP contribution in [-0.4, -0.2) is 19.5 Å². The monoisotopic (exact) mass is 278 g/mol. The van der Waals surface area contributed by atoms with Gasteiger partial charge in [-0.25, -0.2) is 0 Å². The second kappa shape index (κ2) is 4.43. The van der Waals surface area contributed by atoms with Gasteiger partial charge in [-0.15, -0.1) is 0 Å². The van der Waals surface area contributed by atoms with Crippen LogP contribution < -0.4 is 10.2 Å². The molecule has 1 unspecified atom stereocenters. The first-order chi connectivity index (χ1) is 10.2. The van der Waals surface area contributed by atoms with E-state index in [9.17, 15) is 4.79 Å². The molecule has 2 atom stereocenters. The highest BCUT2D eigenvalue weighted by molar-refractivity contribution is 6.08. The van der Waals surface area contributed by atoms with E-state index in [-0.39, 0.29) is 11.9 Å². The zero-order chi connectivity index (χ0) is 14.4. The van der Waals surface area contributed by atoms with Gasteiger partial charge in [-0.05, 0) is 30.2 Å². The Morgan fingerprint density at radius 2 is 1.81 bits per heavy atom. The highest BCUT2D eigenvalue weighted by atomic mass is 16.2. The molecule has 1 fully saturated rings. The second-order valence-electron chi connectivity index (χ2n) is 5.90. The maximum Gasteiger partial charge on any atom is 0.239 e. The molecule has 0 radical (unpaired) electrons. The summed E-state index contributed by atoms with van der Waals surface area (Å²) < 4.78 is 0. The van der Waals surface area contributed by atoms with E-state index >= 15 is 0 Å². The highest BCUT2D eigenvalue weighted by Gasteiger charge is 2.57. The molecule has 2 aliphatic rings. The Bertz CT molecular complexity index is 697. The number of nitrogens with zero attached hydrogens (tertiary/aromatic N) is 1. The summed E-state index contributed by atoms with van der Waals surface area (Å²) in [5.41, 5.74) is 2.95. The number of rotatable bonds is 1. The SMILES string of the molecule is CN1C(=O)C2(CCN[C@H]2c2ccccc2)c2ccccc21. The molecule has 1 spiro atoms. The lowest BCUT2D eigenvalue weighted by molar-refractivity contribution is -0.123. The van der Waals surface area contributed by atoms with Crippen LogP contribution in [0.5, 0.6) is 0 Å². The van der Waals surface area contributed by atoms with Gasteiger partial charge in [-0.3, -0.25) is 4.79 Å². The first kappa shape index (κ1) is 12.6. The molecule has 2 aliphatic heterocycles. The number of fused-ring (bicyclic) bond motifs is 2. The lowest BCUT2D eigenvalue weighted by atomic mass is 9.73. The smallest absolute Gasteiger partial charge is 0.239 e. The van der Waals surface area contributed by atoms with Crippen molar-refractivity contribution in [1.29, 1.82) is 0 Å². The number of benzene rings is 2. The molecule has 1 N–H and O–H groups in total. The lowest BCUT2D eigenvalue weighted by Crippen LogP contribution is -2.42. The summed E-state index contributed by atoms with van der Waals surface area (Å²) in [6.07, 6.45) is 0.854. The van der Waals surface area contributed by atoms with Crippen LogP contribution in [0.4, 0.5) is 5.69 Å². The van der Waals surface area contributed by atoms with Crippen LogP contribution in [-0.2, 0) is 10.2 Å². The third-order valence-corrected chi connectivity index (χ3v) is 4.93. The molecule has 0 aromatic heterocycles. The highest BCUT2D eigenvalue weighted by Crippen LogP contribution is 2.52. The summed E-state index contributed by atoms with van der Waals surface area (Å²) >= 11 is 0. The summed E-state index contributed by atoms with van der Waals surface area (Å²) in [7, 11) is 1.89. The van der Waals surface area contributed by atoms with E-state index in [1.165, 1.54) is 5.56 Å².